The van der Waals surface area contributed by atoms with E-state index >= 15 is 0 Å². The van der Waals surface area contributed by atoms with Crippen molar-refractivity contribution in [1.82, 2.24) is 4.98 Å². The first-order valence-electron chi connectivity index (χ1n) is 5.23. The Labute approximate surface area is 90.0 Å². The van der Waals surface area contributed by atoms with E-state index in [1.807, 2.05) is 0 Å². The lowest BCUT2D eigenvalue weighted by Gasteiger charge is -2.10. The summed E-state index contributed by atoms with van der Waals surface area (Å²) in [6, 6.07) is 0. The largest absolute Gasteiger partial charge is 0.393 e. The molecule has 2 nitrogen and oxygen atoms in total. The molecule has 0 aliphatic rings. The Morgan fingerprint density at radius 2 is 2.21 bits per heavy atom. The molecule has 0 bridgehead atoms. The van der Waals surface area contributed by atoms with E-state index in [1.165, 1.54) is 0 Å². The van der Waals surface area contributed by atoms with Gasteiger partial charge in [0.25, 0.3) is 0 Å². The van der Waals surface area contributed by atoms with Crippen LogP contribution in [0, 0.1) is 5.92 Å². The number of thiazole rings is 1. The van der Waals surface area contributed by atoms with Crippen LogP contribution in [0.4, 0.5) is 0 Å². The van der Waals surface area contributed by atoms with E-state index in [9.17, 15) is 5.11 Å². The average Bonchev–Trinajstić information content (AvgIpc) is 2.50. The highest BCUT2D eigenvalue weighted by Crippen LogP contribution is 2.15. The minimum Gasteiger partial charge on any atom is -0.393 e. The number of rotatable bonds is 5. The molecular weight excluding hydrogens is 194 g/mol. The van der Waals surface area contributed by atoms with Gasteiger partial charge < -0.3 is 5.11 Å². The van der Waals surface area contributed by atoms with Crippen molar-refractivity contribution < 1.29 is 5.11 Å². The van der Waals surface area contributed by atoms with Gasteiger partial charge >= 0.3 is 0 Å². The summed E-state index contributed by atoms with van der Waals surface area (Å²) in [5.74, 6) is 0.551. The minimum absolute atomic E-state index is 0.231. The summed E-state index contributed by atoms with van der Waals surface area (Å²) in [5.41, 5.74) is 1.14. The predicted molar refractivity (Wildman–Crippen MR) is 60.7 cm³/mol. The third-order valence-corrected chi connectivity index (χ3v) is 3.04. The molecule has 3 heteroatoms. The summed E-state index contributed by atoms with van der Waals surface area (Å²) in [6.45, 7) is 6.36. The van der Waals surface area contributed by atoms with Crippen molar-refractivity contribution in [1.29, 1.82) is 0 Å². The van der Waals surface area contributed by atoms with Gasteiger partial charge in [0, 0.05) is 11.8 Å². The Morgan fingerprint density at radius 1 is 1.50 bits per heavy atom. The average molecular weight is 213 g/mol. The number of aromatic nitrogens is 1. The topological polar surface area (TPSA) is 33.1 Å². The van der Waals surface area contributed by atoms with Gasteiger partial charge in [-0.2, -0.15) is 0 Å². The minimum atomic E-state index is -0.231. The molecule has 1 aromatic heterocycles. The van der Waals surface area contributed by atoms with Crippen molar-refractivity contribution >= 4 is 11.3 Å². The molecule has 0 fully saturated rings. The van der Waals surface area contributed by atoms with Gasteiger partial charge in [-0.05, 0) is 18.8 Å². The molecule has 0 aliphatic carbocycles. The van der Waals surface area contributed by atoms with E-state index in [0.29, 0.717) is 12.3 Å². The number of hydrogen-bond acceptors (Lipinski definition) is 3. The van der Waals surface area contributed by atoms with Crippen molar-refractivity contribution in [3.05, 3.63) is 16.1 Å². The quantitative estimate of drug-likeness (QED) is 0.815. The summed E-state index contributed by atoms with van der Waals surface area (Å²) >= 11 is 1.66. The van der Waals surface area contributed by atoms with Crippen LogP contribution in [0.3, 0.4) is 0 Å². The van der Waals surface area contributed by atoms with Gasteiger partial charge in [-0.1, -0.05) is 20.8 Å². The molecule has 0 radical (unpaired) electrons. The van der Waals surface area contributed by atoms with Crippen LogP contribution in [-0.2, 0) is 12.8 Å². The van der Waals surface area contributed by atoms with Gasteiger partial charge in [0.2, 0.25) is 0 Å². The highest BCUT2D eigenvalue weighted by molar-refractivity contribution is 7.09. The van der Waals surface area contributed by atoms with Crippen LogP contribution in [0.1, 0.15) is 37.9 Å². The zero-order valence-corrected chi connectivity index (χ0v) is 9.97. The summed E-state index contributed by atoms with van der Waals surface area (Å²) in [5, 5.41) is 12.9. The van der Waals surface area contributed by atoms with E-state index in [-0.39, 0.29) is 6.10 Å². The molecule has 1 rings (SSSR count). The van der Waals surface area contributed by atoms with Gasteiger partial charge in [-0.25, -0.2) is 4.98 Å². The molecule has 1 N–H and O–H groups in total. The second-order valence-corrected chi connectivity index (χ2v) is 5.02. The first kappa shape index (κ1) is 11.7. The molecule has 0 aliphatic heterocycles. The van der Waals surface area contributed by atoms with Crippen LogP contribution in [-0.4, -0.2) is 16.2 Å². The number of aryl methyl sites for hydroxylation is 1. The molecule has 14 heavy (non-hydrogen) atoms. The smallest absolute Gasteiger partial charge is 0.0954 e. The fourth-order valence-corrected chi connectivity index (χ4v) is 2.38. The SMILES string of the molecule is CCc1csc(CC(O)CC(C)C)n1. The van der Waals surface area contributed by atoms with Crippen LogP contribution in [0.15, 0.2) is 5.38 Å². The standard InChI is InChI=1S/C11H19NOS/c1-4-9-7-14-11(12-9)6-10(13)5-8(2)3/h7-8,10,13H,4-6H2,1-3H3. The first-order valence-corrected chi connectivity index (χ1v) is 6.11. The lowest BCUT2D eigenvalue weighted by molar-refractivity contribution is 0.149. The molecule has 0 aromatic carbocycles. The fourth-order valence-electron chi connectivity index (χ4n) is 1.43. The molecule has 0 saturated carbocycles. The molecular formula is C11H19NOS. The number of hydrogen-bond donors (Lipinski definition) is 1. The summed E-state index contributed by atoms with van der Waals surface area (Å²) < 4.78 is 0. The number of aliphatic hydroxyl groups is 1. The predicted octanol–water partition coefficient (Wildman–Crippen LogP) is 2.66. The lowest BCUT2D eigenvalue weighted by atomic mass is 10.0. The van der Waals surface area contributed by atoms with Gasteiger partial charge in [-0.15, -0.1) is 11.3 Å². The van der Waals surface area contributed by atoms with E-state index in [2.05, 4.69) is 31.1 Å². The van der Waals surface area contributed by atoms with Crippen LogP contribution in [0.5, 0.6) is 0 Å². The maximum absolute atomic E-state index is 9.72. The van der Waals surface area contributed by atoms with Gasteiger partial charge in [-0.3, -0.25) is 0 Å². The molecule has 1 heterocycles. The summed E-state index contributed by atoms with van der Waals surface area (Å²) in [7, 11) is 0. The second kappa shape index (κ2) is 5.47. The van der Waals surface area contributed by atoms with E-state index in [4.69, 9.17) is 0 Å². The zero-order valence-electron chi connectivity index (χ0n) is 9.16. The normalized spacial score (nSPS) is 13.5. The third-order valence-electron chi connectivity index (χ3n) is 2.12. The molecule has 1 aromatic rings. The van der Waals surface area contributed by atoms with Crippen molar-refractivity contribution in [2.24, 2.45) is 5.92 Å². The third kappa shape index (κ3) is 3.76. The van der Waals surface area contributed by atoms with E-state index in [0.717, 1.165) is 23.5 Å². The number of aliphatic hydroxyl groups excluding tert-OH is 1. The van der Waals surface area contributed by atoms with Crippen molar-refractivity contribution in [3.63, 3.8) is 0 Å². The summed E-state index contributed by atoms with van der Waals surface area (Å²) in [4.78, 5) is 4.43. The molecule has 0 saturated heterocycles. The van der Waals surface area contributed by atoms with Crippen molar-refractivity contribution in [2.75, 3.05) is 0 Å². The highest BCUT2D eigenvalue weighted by Gasteiger charge is 2.10. The second-order valence-electron chi connectivity index (χ2n) is 4.07. The van der Waals surface area contributed by atoms with Crippen LogP contribution in [0.25, 0.3) is 0 Å². The van der Waals surface area contributed by atoms with E-state index in [1.54, 1.807) is 11.3 Å². The van der Waals surface area contributed by atoms with Gasteiger partial charge in [0.05, 0.1) is 16.8 Å². The summed E-state index contributed by atoms with van der Waals surface area (Å²) in [6.07, 6.45) is 2.33. The first-order chi connectivity index (χ1) is 6.61. The van der Waals surface area contributed by atoms with Crippen molar-refractivity contribution in [2.45, 2.75) is 46.1 Å². The Bertz CT molecular complexity index is 270. The number of nitrogens with zero attached hydrogens (tertiary/aromatic N) is 1. The highest BCUT2D eigenvalue weighted by atomic mass is 32.1. The van der Waals surface area contributed by atoms with Crippen LogP contribution >= 0.6 is 11.3 Å². The molecule has 80 valence electrons. The fraction of sp³-hybridized carbons (Fsp3) is 0.727. The maximum atomic E-state index is 9.72. The monoisotopic (exact) mass is 213 g/mol. The Balaban J connectivity index is 2.43. The Hall–Kier alpha value is -0.410. The van der Waals surface area contributed by atoms with Crippen LogP contribution < -0.4 is 0 Å². The maximum Gasteiger partial charge on any atom is 0.0954 e. The molecule has 0 amide bonds. The Morgan fingerprint density at radius 3 is 2.71 bits per heavy atom. The Kier molecular flexibility index (Phi) is 4.55. The van der Waals surface area contributed by atoms with Gasteiger partial charge in [0.15, 0.2) is 0 Å². The zero-order chi connectivity index (χ0) is 10.6. The van der Waals surface area contributed by atoms with Crippen LogP contribution in [0.2, 0.25) is 0 Å². The molecule has 1 unspecified atom stereocenters. The van der Waals surface area contributed by atoms with Crippen molar-refractivity contribution in [3.8, 4) is 0 Å². The molecule has 1 atom stereocenters. The molecule has 0 spiro atoms. The van der Waals surface area contributed by atoms with Gasteiger partial charge in [0.1, 0.15) is 0 Å². The van der Waals surface area contributed by atoms with E-state index < -0.39 is 0 Å². The lowest BCUT2D eigenvalue weighted by Crippen LogP contribution is -2.13.